The lowest BCUT2D eigenvalue weighted by Gasteiger charge is -2.19. The number of tetrazole rings is 1. The first-order valence-electron chi connectivity index (χ1n) is 4.79. The van der Waals surface area contributed by atoms with Gasteiger partial charge in [-0.2, -0.15) is 4.68 Å². The molecule has 0 saturated heterocycles. The molecule has 2 aromatic rings. The van der Waals surface area contributed by atoms with Crippen LogP contribution < -0.4 is 10.1 Å². The Hall–Kier alpha value is -2.64. The molecule has 0 unspecified atom stereocenters. The second-order valence-corrected chi connectivity index (χ2v) is 3.38. The van der Waals surface area contributed by atoms with Gasteiger partial charge in [0.2, 0.25) is 0 Å². The van der Waals surface area contributed by atoms with Gasteiger partial charge in [-0.05, 0) is 22.6 Å². The molecule has 1 aromatic heterocycles. The van der Waals surface area contributed by atoms with Crippen LogP contribution in [-0.4, -0.2) is 31.4 Å². The maximum absolute atomic E-state index is 10.6. The lowest BCUT2D eigenvalue weighted by atomic mass is 10.2. The van der Waals surface area contributed by atoms with Crippen molar-refractivity contribution >= 4 is 11.8 Å². The number of para-hydroxylation sites is 1. The number of hydrogen-bond acceptors (Lipinski definition) is 5. The Morgan fingerprint density at radius 2 is 2.41 bits per heavy atom. The minimum absolute atomic E-state index is 0.207. The summed E-state index contributed by atoms with van der Waals surface area (Å²) < 4.78 is 6.97. The molecule has 0 spiro atoms. The standard InChI is InChI=1S/C9H7N5O3/c15-9(16)10-5-2-1-3-6-8(5)17-4-7-11-12-13-14(6)7/h1-3,10H,4H2,(H,15,16). The van der Waals surface area contributed by atoms with E-state index >= 15 is 0 Å². The summed E-state index contributed by atoms with van der Waals surface area (Å²) in [6.07, 6.45) is -1.15. The van der Waals surface area contributed by atoms with E-state index in [1.807, 2.05) is 0 Å². The second kappa shape index (κ2) is 3.44. The zero-order valence-corrected chi connectivity index (χ0v) is 8.49. The number of nitrogens with zero attached hydrogens (tertiary/aromatic N) is 4. The predicted octanol–water partition coefficient (Wildman–Crippen LogP) is 0.645. The summed E-state index contributed by atoms with van der Waals surface area (Å²) in [5.74, 6) is 1.000. The van der Waals surface area contributed by atoms with Crippen LogP contribution in [0.2, 0.25) is 0 Å². The van der Waals surface area contributed by atoms with Crippen molar-refractivity contribution in [2.24, 2.45) is 0 Å². The van der Waals surface area contributed by atoms with Gasteiger partial charge in [0.15, 0.2) is 18.2 Å². The number of aromatic nitrogens is 4. The van der Waals surface area contributed by atoms with E-state index in [0.29, 0.717) is 22.9 Å². The smallest absolute Gasteiger partial charge is 0.409 e. The van der Waals surface area contributed by atoms with Crippen molar-refractivity contribution in [1.82, 2.24) is 20.2 Å². The number of carbonyl (C=O) groups is 1. The summed E-state index contributed by atoms with van der Waals surface area (Å²) in [6.45, 7) is 0.207. The summed E-state index contributed by atoms with van der Waals surface area (Å²) in [5, 5.41) is 22.1. The highest BCUT2D eigenvalue weighted by atomic mass is 16.5. The maximum Gasteiger partial charge on any atom is 0.409 e. The van der Waals surface area contributed by atoms with E-state index in [0.717, 1.165) is 0 Å². The lowest BCUT2D eigenvalue weighted by molar-refractivity contribution is 0.209. The van der Waals surface area contributed by atoms with E-state index in [-0.39, 0.29) is 6.61 Å². The van der Waals surface area contributed by atoms with E-state index in [2.05, 4.69) is 20.8 Å². The molecule has 1 amide bonds. The lowest BCUT2D eigenvalue weighted by Crippen LogP contribution is -2.17. The fourth-order valence-electron chi connectivity index (χ4n) is 1.68. The van der Waals surface area contributed by atoms with Gasteiger partial charge in [0, 0.05) is 0 Å². The molecule has 17 heavy (non-hydrogen) atoms. The fraction of sp³-hybridized carbons (Fsp3) is 0.111. The zero-order chi connectivity index (χ0) is 11.8. The molecule has 2 heterocycles. The quantitative estimate of drug-likeness (QED) is 0.749. The third-order valence-corrected chi connectivity index (χ3v) is 2.34. The molecular formula is C9H7N5O3. The third kappa shape index (κ3) is 1.46. The number of hydrogen-bond donors (Lipinski definition) is 2. The van der Waals surface area contributed by atoms with E-state index < -0.39 is 6.09 Å². The van der Waals surface area contributed by atoms with Crippen molar-refractivity contribution in [1.29, 1.82) is 0 Å². The second-order valence-electron chi connectivity index (χ2n) is 3.38. The normalized spacial score (nSPS) is 12.2. The first-order valence-corrected chi connectivity index (χ1v) is 4.79. The number of ether oxygens (including phenoxy) is 1. The molecule has 3 rings (SSSR count). The first-order chi connectivity index (χ1) is 8.25. The molecule has 0 radical (unpaired) electrons. The van der Waals surface area contributed by atoms with Crippen molar-refractivity contribution in [2.75, 3.05) is 5.32 Å². The van der Waals surface area contributed by atoms with Gasteiger partial charge in [0.05, 0.1) is 5.69 Å². The predicted molar refractivity (Wildman–Crippen MR) is 55.1 cm³/mol. The van der Waals surface area contributed by atoms with Crippen molar-refractivity contribution in [2.45, 2.75) is 6.61 Å². The minimum atomic E-state index is -1.15. The van der Waals surface area contributed by atoms with Gasteiger partial charge < -0.3 is 9.84 Å². The Kier molecular flexibility index (Phi) is 1.94. The molecule has 1 aliphatic rings. The molecule has 8 nitrogen and oxygen atoms in total. The Morgan fingerprint density at radius 3 is 3.24 bits per heavy atom. The van der Waals surface area contributed by atoms with Crippen LogP contribution in [0.3, 0.4) is 0 Å². The SMILES string of the molecule is O=C(O)Nc1cccc2c1OCc1nnnn1-2. The van der Waals surface area contributed by atoms with Gasteiger partial charge in [-0.25, -0.2) is 4.79 Å². The van der Waals surface area contributed by atoms with Crippen molar-refractivity contribution in [3.05, 3.63) is 24.0 Å². The number of rotatable bonds is 1. The van der Waals surface area contributed by atoms with Crippen LogP contribution in [0.25, 0.3) is 5.69 Å². The van der Waals surface area contributed by atoms with Crippen LogP contribution in [-0.2, 0) is 6.61 Å². The Bertz CT molecular complexity index is 594. The number of anilines is 1. The van der Waals surface area contributed by atoms with Gasteiger partial charge in [-0.1, -0.05) is 6.07 Å². The highest BCUT2D eigenvalue weighted by molar-refractivity contribution is 5.86. The third-order valence-electron chi connectivity index (χ3n) is 2.34. The van der Waals surface area contributed by atoms with Crippen molar-refractivity contribution < 1.29 is 14.6 Å². The van der Waals surface area contributed by atoms with Gasteiger partial charge in [0.25, 0.3) is 0 Å². The molecule has 8 heteroatoms. The van der Waals surface area contributed by atoms with Gasteiger partial charge in [-0.15, -0.1) is 5.10 Å². The summed E-state index contributed by atoms with van der Waals surface area (Å²) in [6, 6.07) is 5.06. The highest BCUT2D eigenvalue weighted by Crippen LogP contribution is 2.35. The molecule has 1 aliphatic heterocycles. The fourth-order valence-corrected chi connectivity index (χ4v) is 1.68. The molecule has 0 aliphatic carbocycles. The van der Waals surface area contributed by atoms with Crippen molar-refractivity contribution in [3.63, 3.8) is 0 Å². The number of amides is 1. The molecule has 2 N–H and O–H groups in total. The van der Waals surface area contributed by atoms with Crippen molar-refractivity contribution in [3.8, 4) is 11.4 Å². The van der Waals surface area contributed by atoms with Crippen LogP contribution in [0.15, 0.2) is 18.2 Å². The van der Waals surface area contributed by atoms with E-state index in [9.17, 15) is 4.79 Å². The summed E-state index contributed by atoms with van der Waals surface area (Å²) in [4.78, 5) is 10.6. The van der Waals surface area contributed by atoms with E-state index in [4.69, 9.17) is 9.84 Å². The monoisotopic (exact) mass is 233 g/mol. The van der Waals surface area contributed by atoms with Gasteiger partial charge in [0.1, 0.15) is 5.69 Å². The van der Waals surface area contributed by atoms with Gasteiger partial charge in [-0.3, -0.25) is 5.32 Å². The Balaban J connectivity index is 2.14. The average Bonchev–Trinajstić information content (AvgIpc) is 2.76. The van der Waals surface area contributed by atoms with Gasteiger partial charge >= 0.3 is 6.09 Å². The summed E-state index contributed by atoms with van der Waals surface area (Å²) >= 11 is 0. The zero-order valence-electron chi connectivity index (χ0n) is 8.49. The molecule has 0 bridgehead atoms. The Morgan fingerprint density at radius 1 is 1.53 bits per heavy atom. The van der Waals surface area contributed by atoms with Crippen LogP contribution in [0.5, 0.6) is 5.75 Å². The molecular weight excluding hydrogens is 226 g/mol. The molecule has 0 fully saturated rings. The number of carboxylic acid groups (broad SMARTS) is 1. The topological polar surface area (TPSA) is 102 Å². The highest BCUT2D eigenvalue weighted by Gasteiger charge is 2.22. The Labute approximate surface area is 94.8 Å². The summed E-state index contributed by atoms with van der Waals surface area (Å²) in [7, 11) is 0. The maximum atomic E-state index is 10.6. The summed E-state index contributed by atoms with van der Waals surface area (Å²) in [5.41, 5.74) is 0.985. The van der Waals surface area contributed by atoms with E-state index in [1.165, 1.54) is 4.68 Å². The molecule has 0 atom stereocenters. The number of nitrogens with one attached hydrogen (secondary N) is 1. The minimum Gasteiger partial charge on any atom is -0.481 e. The average molecular weight is 233 g/mol. The largest absolute Gasteiger partial charge is 0.481 e. The molecule has 86 valence electrons. The number of benzene rings is 1. The first kappa shape index (κ1) is 9.58. The molecule has 0 saturated carbocycles. The van der Waals surface area contributed by atoms with Crippen LogP contribution in [0.4, 0.5) is 10.5 Å². The number of fused-ring (bicyclic) bond motifs is 3. The van der Waals surface area contributed by atoms with Crippen LogP contribution in [0, 0.1) is 0 Å². The van der Waals surface area contributed by atoms with E-state index in [1.54, 1.807) is 18.2 Å². The van der Waals surface area contributed by atoms with Crippen LogP contribution >= 0.6 is 0 Å². The van der Waals surface area contributed by atoms with Crippen LogP contribution in [0.1, 0.15) is 5.82 Å². The molecule has 1 aromatic carbocycles.